The number of ether oxygens (including phenoxy) is 4. The first-order valence-electron chi connectivity index (χ1n) is 16.6. The van der Waals surface area contributed by atoms with Gasteiger partial charge in [-0.3, -0.25) is 9.59 Å². The van der Waals surface area contributed by atoms with E-state index >= 15 is 0 Å². The summed E-state index contributed by atoms with van der Waals surface area (Å²) in [7, 11) is 0. The third kappa shape index (κ3) is 6.35. The molecule has 7 nitrogen and oxygen atoms in total. The molecule has 0 spiro atoms. The van der Waals surface area contributed by atoms with E-state index in [1.54, 1.807) is 0 Å². The molecule has 1 unspecified atom stereocenters. The lowest BCUT2D eigenvalue weighted by Gasteiger charge is -2.62. The minimum absolute atomic E-state index is 0.0537. The third-order valence-corrected chi connectivity index (χ3v) is 11.9. The number of allylic oxidation sites excluding steroid dienone is 1. The summed E-state index contributed by atoms with van der Waals surface area (Å²) >= 11 is 0. The number of rotatable bonds is 5. The lowest BCUT2D eigenvalue weighted by atomic mass is 9.44. The van der Waals surface area contributed by atoms with Crippen LogP contribution >= 0.6 is 0 Å². The number of aliphatic hydroxyl groups excluding tert-OH is 1. The van der Waals surface area contributed by atoms with Crippen LogP contribution in [0.1, 0.15) is 120 Å². The molecule has 4 saturated carbocycles. The third-order valence-electron chi connectivity index (χ3n) is 11.9. The van der Waals surface area contributed by atoms with E-state index in [4.69, 9.17) is 18.9 Å². The Balaban J connectivity index is 1.26. The SMILES string of the molecule is CC(=O)O[C@@H]1CC[C@@]2(C)[C@H](CC[C@@H]3[C@@H]2C[C@H](O)[C@]2(C)C(/C=C/[C@H]4C[C@@H](CC(=O)OC(C)(C)C)OC(C)(C)O4)CC[C@@H]32)C1. The lowest BCUT2D eigenvalue weighted by molar-refractivity contribution is -0.290. The molecule has 5 aliphatic rings. The fourth-order valence-electron chi connectivity index (χ4n) is 10.1. The maximum absolute atomic E-state index is 12.5. The fourth-order valence-corrected chi connectivity index (χ4v) is 10.1. The van der Waals surface area contributed by atoms with E-state index in [0.29, 0.717) is 36.0 Å². The molecule has 11 atom stereocenters. The monoisotopic (exact) mass is 588 g/mol. The van der Waals surface area contributed by atoms with Crippen molar-refractivity contribution in [2.75, 3.05) is 0 Å². The van der Waals surface area contributed by atoms with Crippen molar-refractivity contribution in [2.45, 2.75) is 155 Å². The van der Waals surface area contributed by atoms with Gasteiger partial charge in [-0.05, 0) is 121 Å². The van der Waals surface area contributed by atoms with Crippen LogP contribution in [0, 0.1) is 40.4 Å². The number of carbonyl (C=O) groups excluding carboxylic acids is 2. The summed E-state index contributed by atoms with van der Waals surface area (Å²) in [6.07, 6.45) is 13.1. The van der Waals surface area contributed by atoms with Crippen molar-refractivity contribution in [3.05, 3.63) is 12.2 Å². The molecular weight excluding hydrogens is 532 g/mol. The van der Waals surface area contributed by atoms with Gasteiger partial charge in [-0.15, -0.1) is 0 Å². The van der Waals surface area contributed by atoms with Crippen LogP contribution in [0.4, 0.5) is 0 Å². The first kappa shape index (κ1) is 32.0. The van der Waals surface area contributed by atoms with E-state index in [9.17, 15) is 14.7 Å². The predicted octanol–water partition coefficient (Wildman–Crippen LogP) is 6.75. The number of fused-ring (bicyclic) bond motifs is 5. The largest absolute Gasteiger partial charge is 0.463 e. The van der Waals surface area contributed by atoms with Gasteiger partial charge >= 0.3 is 11.9 Å². The molecule has 0 radical (unpaired) electrons. The van der Waals surface area contributed by atoms with E-state index in [1.165, 1.54) is 19.8 Å². The van der Waals surface area contributed by atoms with Gasteiger partial charge in [-0.25, -0.2) is 0 Å². The molecule has 0 aromatic carbocycles. The second-order valence-electron chi connectivity index (χ2n) is 16.2. The van der Waals surface area contributed by atoms with E-state index in [2.05, 4.69) is 26.0 Å². The Hall–Kier alpha value is -1.44. The standard InChI is InChI=1S/C35H56O7/c1-21(36)39-24-15-16-34(7)23(17-24)10-13-27-28-14-11-22(35(28,8)30(37)20-29(27)34)9-12-25-18-26(41-33(5,6)40-25)19-31(38)42-32(2,3)4/h9,12,22-30,37H,10-11,13-20H2,1-8H3/b12-9+/t22?,23-,24-,25+,26+,27+,28+,29+,30+,34+,35-/m1/s1. The number of hydrogen-bond donors (Lipinski definition) is 1. The zero-order valence-electron chi connectivity index (χ0n) is 27.3. The van der Waals surface area contributed by atoms with E-state index in [0.717, 1.165) is 38.5 Å². The molecule has 5 rings (SSSR count). The van der Waals surface area contributed by atoms with Gasteiger partial charge in [0.15, 0.2) is 5.79 Å². The molecule has 7 heteroatoms. The van der Waals surface area contributed by atoms with Crippen molar-refractivity contribution >= 4 is 11.9 Å². The minimum atomic E-state index is -0.790. The van der Waals surface area contributed by atoms with Crippen LogP contribution in [-0.4, -0.2) is 52.8 Å². The molecule has 1 saturated heterocycles. The number of hydrogen-bond acceptors (Lipinski definition) is 7. The van der Waals surface area contributed by atoms with E-state index < -0.39 is 11.4 Å². The van der Waals surface area contributed by atoms with Gasteiger partial charge in [-0.1, -0.05) is 26.0 Å². The average Bonchev–Trinajstić information content (AvgIpc) is 3.19. The Morgan fingerprint density at radius 3 is 2.36 bits per heavy atom. The molecule has 1 aliphatic heterocycles. The van der Waals surface area contributed by atoms with Crippen molar-refractivity contribution in [1.29, 1.82) is 0 Å². The maximum atomic E-state index is 12.5. The van der Waals surface area contributed by atoms with E-state index in [-0.39, 0.29) is 53.6 Å². The van der Waals surface area contributed by atoms with E-state index in [1.807, 2.05) is 34.6 Å². The molecule has 238 valence electrons. The molecule has 0 aromatic heterocycles. The zero-order valence-corrected chi connectivity index (χ0v) is 27.3. The first-order chi connectivity index (χ1) is 19.5. The summed E-state index contributed by atoms with van der Waals surface area (Å²) in [5, 5.41) is 11.9. The van der Waals surface area contributed by atoms with Gasteiger partial charge in [0.05, 0.1) is 24.7 Å². The lowest BCUT2D eigenvalue weighted by Crippen LogP contribution is -2.58. The Kier molecular flexibility index (Phi) is 8.74. The fraction of sp³-hybridized carbons (Fsp3) is 0.886. The summed E-state index contributed by atoms with van der Waals surface area (Å²) in [6, 6.07) is 0. The normalized spacial score (nSPS) is 45.0. The highest BCUT2D eigenvalue weighted by molar-refractivity contribution is 5.70. The molecule has 0 bridgehead atoms. The van der Waals surface area contributed by atoms with Crippen molar-refractivity contribution < 1.29 is 33.6 Å². The topological polar surface area (TPSA) is 91.3 Å². The molecule has 1 heterocycles. The smallest absolute Gasteiger partial charge is 0.308 e. The highest BCUT2D eigenvalue weighted by Crippen LogP contribution is 2.67. The molecule has 42 heavy (non-hydrogen) atoms. The summed E-state index contributed by atoms with van der Waals surface area (Å²) in [4.78, 5) is 24.1. The molecule has 0 aromatic rings. The van der Waals surface area contributed by atoms with Crippen molar-refractivity contribution in [1.82, 2.24) is 0 Å². The van der Waals surface area contributed by atoms with Gasteiger partial charge in [0, 0.05) is 18.8 Å². The quantitative estimate of drug-likeness (QED) is 0.281. The molecule has 1 N–H and O–H groups in total. The van der Waals surface area contributed by atoms with Gasteiger partial charge in [0.2, 0.25) is 0 Å². The second kappa shape index (κ2) is 11.5. The number of aliphatic hydroxyl groups is 1. The van der Waals surface area contributed by atoms with Gasteiger partial charge in [-0.2, -0.15) is 0 Å². The summed E-state index contributed by atoms with van der Waals surface area (Å²) in [5.74, 6) is 1.33. The Bertz CT molecular complexity index is 1040. The van der Waals surface area contributed by atoms with Crippen LogP contribution in [0.5, 0.6) is 0 Å². The first-order valence-corrected chi connectivity index (χ1v) is 16.6. The summed E-state index contributed by atoms with van der Waals surface area (Å²) in [5.41, 5.74) is -0.460. The van der Waals surface area contributed by atoms with Gasteiger partial charge in [0.25, 0.3) is 0 Å². The molecule has 5 fully saturated rings. The molecule has 0 amide bonds. The van der Waals surface area contributed by atoms with Crippen LogP contribution in [0.3, 0.4) is 0 Å². The van der Waals surface area contributed by atoms with Gasteiger partial charge in [0.1, 0.15) is 11.7 Å². The zero-order chi connectivity index (χ0) is 30.7. The van der Waals surface area contributed by atoms with Crippen molar-refractivity contribution in [3.8, 4) is 0 Å². The van der Waals surface area contributed by atoms with Gasteiger partial charge < -0.3 is 24.1 Å². The molecular formula is C35H56O7. The van der Waals surface area contributed by atoms with Crippen LogP contribution in [0.15, 0.2) is 12.2 Å². The molecule has 4 aliphatic carbocycles. The van der Waals surface area contributed by atoms with Crippen molar-refractivity contribution in [3.63, 3.8) is 0 Å². The summed E-state index contributed by atoms with van der Waals surface area (Å²) < 4.78 is 23.6. The predicted molar refractivity (Wildman–Crippen MR) is 160 cm³/mol. The minimum Gasteiger partial charge on any atom is -0.463 e. The Morgan fingerprint density at radius 2 is 1.67 bits per heavy atom. The Morgan fingerprint density at radius 1 is 0.929 bits per heavy atom. The van der Waals surface area contributed by atoms with Crippen LogP contribution < -0.4 is 0 Å². The average molecular weight is 589 g/mol. The second-order valence-corrected chi connectivity index (χ2v) is 16.2. The Labute approximate surface area is 253 Å². The number of carbonyl (C=O) groups is 2. The van der Waals surface area contributed by atoms with Crippen LogP contribution in [-0.2, 0) is 28.5 Å². The highest BCUT2D eigenvalue weighted by Gasteiger charge is 2.63. The van der Waals surface area contributed by atoms with Crippen molar-refractivity contribution in [2.24, 2.45) is 40.4 Å². The maximum Gasteiger partial charge on any atom is 0.308 e. The highest BCUT2D eigenvalue weighted by atomic mass is 16.7. The summed E-state index contributed by atoms with van der Waals surface area (Å²) in [6.45, 7) is 15.8. The number of esters is 2. The van der Waals surface area contributed by atoms with Crippen LogP contribution in [0.2, 0.25) is 0 Å². The van der Waals surface area contributed by atoms with Crippen LogP contribution in [0.25, 0.3) is 0 Å².